The third-order valence-corrected chi connectivity index (χ3v) is 4.36. The number of thiophene rings is 1. The molecule has 1 heterocycles. The number of hydrogen-bond donors (Lipinski definition) is 1. The first-order valence-corrected chi connectivity index (χ1v) is 7.99. The summed E-state index contributed by atoms with van der Waals surface area (Å²) in [6, 6.07) is 10.0. The fourth-order valence-corrected chi connectivity index (χ4v) is 3.20. The molecule has 2 aromatic rings. The second-order valence-corrected chi connectivity index (χ2v) is 6.47. The molecule has 0 spiro atoms. The lowest BCUT2D eigenvalue weighted by atomic mass is 10.2. The van der Waals surface area contributed by atoms with Crippen LogP contribution in [0.2, 0.25) is 5.02 Å². The van der Waals surface area contributed by atoms with Crippen LogP contribution >= 0.6 is 22.9 Å². The van der Waals surface area contributed by atoms with E-state index in [9.17, 15) is 0 Å². The molecule has 2 nitrogen and oxygen atoms in total. The van der Waals surface area contributed by atoms with Crippen LogP contribution in [0.4, 0.5) is 0 Å². The molecule has 0 aliphatic heterocycles. The zero-order valence-corrected chi connectivity index (χ0v) is 13.5. The van der Waals surface area contributed by atoms with E-state index >= 15 is 0 Å². The summed E-state index contributed by atoms with van der Waals surface area (Å²) in [6.07, 6.45) is 0. The van der Waals surface area contributed by atoms with Gasteiger partial charge in [0.15, 0.2) is 0 Å². The van der Waals surface area contributed by atoms with Gasteiger partial charge in [0.2, 0.25) is 0 Å². The molecule has 0 unspecified atom stereocenters. The van der Waals surface area contributed by atoms with Crippen molar-refractivity contribution in [2.75, 3.05) is 6.54 Å². The van der Waals surface area contributed by atoms with Crippen molar-refractivity contribution < 1.29 is 4.74 Å². The van der Waals surface area contributed by atoms with Crippen LogP contribution in [-0.2, 0) is 24.5 Å². The number of benzene rings is 1. The van der Waals surface area contributed by atoms with E-state index < -0.39 is 0 Å². The lowest BCUT2D eigenvalue weighted by Gasteiger charge is -2.04. The summed E-state index contributed by atoms with van der Waals surface area (Å²) in [4.78, 5) is 2.70. The molecule has 0 radical (unpaired) electrons. The highest BCUT2D eigenvalue weighted by Crippen LogP contribution is 2.22. The smallest absolute Gasteiger partial charge is 0.0732 e. The van der Waals surface area contributed by atoms with Crippen molar-refractivity contribution in [3.8, 4) is 0 Å². The van der Waals surface area contributed by atoms with Crippen molar-refractivity contribution in [3.05, 3.63) is 56.2 Å². The van der Waals surface area contributed by atoms with E-state index in [1.54, 1.807) is 0 Å². The predicted octanol–water partition coefficient (Wildman–Crippen LogP) is 4.54. The normalized spacial score (nSPS) is 10.9. The molecule has 0 aliphatic carbocycles. The van der Waals surface area contributed by atoms with Crippen LogP contribution in [-0.4, -0.2) is 6.54 Å². The van der Waals surface area contributed by atoms with E-state index in [0.717, 1.165) is 23.7 Å². The van der Waals surface area contributed by atoms with Crippen molar-refractivity contribution >= 4 is 22.9 Å². The largest absolute Gasteiger partial charge is 0.372 e. The van der Waals surface area contributed by atoms with Crippen LogP contribution in [0.5, 0.6) is 0 Å². The monoisotopic (exact) mass is 309 g/mol. The zero-order valence-electron chi connectivity index (χ0n) is 11.9. The average molecular weight is 310 g/mol. The Bertz CT molecular complexity index is 553. The van der Waals surface area contributed by atoms with Gasteiger partial charge in [0.05, 0.1) is 13.2 Å². The molecule has 20 heavy (non-hydrogen) atoms. The lowest BCUT2D eigenvalue weighted by molar-refractivity contribution is 0.107. The standard InChI is InChI=1S/C16H20ClNOS/c1-3-18-9-16-8-14(12(2)20-16)11-19-10-13-5-4-6-15(17)7-13/h4-8,18H,3,9-11H2,1-2H3. The van der Waals surface area contributed by atoms with Crippen molar-refractivity contribution in [3.63, 3.8) is 0 Å². The Labute approximate surface area is 129 Å². The average Bonchev–Trinajstić information content (AvgIpc) is 2.77. The van der Waals surface area contributed by atoms with Gasteiger partial charge in [-0.3, -0.25) is 0 Å². The van der Waals surface area contributed by atoms with Crippen LogP contribution < -0.4 is 5.32 Å². The molecule has 0 saturated carbocycles. The third-order valence-electron chi connectivity index (χ3n) is 3.04. The number of halogens is 1. The first-order valence-electron chi connectivity index (χ1n) is 6.80. The molecule has 0 atom stereocenters. The van der Waals surface area contributed by atoms with Crippen molar-refractivity contribution in [1.82, 2.24) is 5.32 Å². The molecular formula is C16H20ClNOS. The Kier molecular flexibility index (Phi) is 6.05. The number of nitrogens with one attached hydrogen (secondary N) is 1. The second-order valence-electron chi connectivity index (χ2n) is 4.70. The zero-order chi connectivity index (χ0) is 14.4. The Morgan fingerprint density at radius 1 is 1.25 bits per heavy atom. The van der Waals surface area contributed by atoms with Crippen molar-refractivity contribution in [2.24, 2.45) is 0 Å². The highest BCUT2D eigenvalue weighted by molar-refractivity contribution is 7.12. The Hall–Kier alpha value is -0.870. The first-order chi connectivity index (χ1) is 9.69. The molecule has 2 rings (SSSR count). The molecule has 1 N–H and O–H groups in total. The topological polar surface area (TPSA) is 21.3 Å². The highest BCUT2D eigenvalue weighted by atomic mass is 35.5. The van der Waals surface area contributed by atoms with Crippen LogP contribution in [0.3, 0.4) is 0 Å². The quantitative estimate of drug-likeness (QED) is 0.811. The van der Waals surface area contributed by atoms with E-state index in [1.165, 1.54) is 15.3 Å². The minimum absolute atomic E-state index is 0.596. The second kappa shape index (κ2) is 7.79. The molecule has 1 aromatic carbocycles. The summed E-state index contributed by atoms with van der Waals surface area (Å²) in [6.45, 7) is 7.46. The predicted molar refractivity (Wildman–Crippen MR) is 86.4 cm³/mol. The number of rotatable bonds is 7. The van der Waals surface area contributed by atoms with Crippen LogP contribution in [0.25, 0.3) is 0 Å². The number of aryl methyl sites for hydroxylation is 1. The van der Waals surface area contributed by atoms with Gasteiger partial charge in [-0.1, -0.05) is 30.7 Å². The molecule has 0 amide bonds. The van der Waals surface area contributed by atoms with Gasteiger partial charge >= 0.3 is 0 Å². The maximum atomic E-state index is 5.96. The minimum Gasteiger partial charge on any atom is -0.372 e. The van der Waals surface area contributed by atoms with Gasteiger partial charge in [0, 0.05) is 21.3 Å². The summed E-state index contributed by atoms with van der Waals surface area (Å²) in [5.41, 5.74) is 2.39. The van der Waals surface area contributed by atoms with E-state index in [4.69, 9.17) is 16.3 Å². The third kappa shape index (κ3) is 4.60. The van der Waals surface area contributed by atoms with Crippen LogP contribution in [0, 0.1) is 6.92 Å². The number of hydrogen-bond acceptors (Lipinski definition) is 3. The van der Waals surface area contributed by atoms with E-state index in [1.807, 2.05) is 35.6 Å². The van der Waals surface area contributed by atoms with Gasteiger partial charge in [-0.25, -0.2) is 0 Å². The van der Waals surface area contributed by atoms with Gasteiger partial charge in [-0.2, -0.15) is 0 Å². The number of ether oxygens (including phenoxy) is 1. The van der Waals surface area contributed by atoms with Gasteiger partial charge < -0.3 is 10.1 Å². The van der Waals surface area contributed by atoms with E-state index in [0.29, 0.717) is 13.2 Å². The summed E-state index contributed by atoms with van der Waals surface area (Å²) < 4.78 is 5.79. The van der Waals surface area contributed by atoms with Crippen molar-refractivity contribution in [1.29, 1.82) is 0 Å². The van der Waals surface area contributed by atoms with Gasteiger partial charge in [-0.05, 0) is 42.8 Å². The maximum absolute atomic E-state index is 5.96. The lowest BCUT2D eigenvalue weighted by Crippen LogP contribution is -2.10. The molecule has 108 valence electrons. The molecule has 4 heteroatoms. The summed E-state index contributed by atoms with van der Waals surface area (Å²) in [5, 5.41) is 4.10. The summed E-state index contributed by atoms with van der Waals surface area (Å²) in [7, 11) is 0. The Morgan fingerprint density at radius 2 is 2.10 bits per heavy atom. The van der Waals surface area contributed by atoms with E-state index in [-0.39, 0.29) is 0 Å². The highest BCUT2D eigenvalue weighted by Gasteiger charge is 2.05. The molecule has 0 bridgehead atoms. The Morgan fingerprint density at radius 3 is 2.85 bits per heavy atom. The molecule has 1 aromatic heterocycles. The maximum Gasteiger partial charge on any atom is 0.0732 e. The molecule has 0 aliphatic rings. The fraction of sp³-hybridized carbons (Fsp3) is 0.375. The molecular weight excluding hydrogens is 290 g/mol. The minimum atomic E-state index is 0.596. The molecule has 0 fully saturated rings. The van der Waals surface area contributed by atoms with E-state index in [2.05, 4.69) is 25.2 Å². The van der Waals surface area contributed by atoms with Crippen molar-refractivity contribution in [2.45, 2.75) is 33.6 Å². The van der Waals surface area contributed by atoms with Gasteiger partial charge in [-0.15, -0.1) is 11.3 Å². The summed E-state index contributed by atoms with van der Waals surface area (Å²) >= 11 is 7.80. The fourth-order valence-electron chi connectivity index (χ4n) is 1.97. The molecule has 0 saturated heterocycles. The van der Waals surface area contributed by atoms with Crippen LogP contribution in [0.1, 0.15) is 27.8 Å². The van der Waals surface area contributed by atoms with Gasteiger partial charge in [0.25, 0.3) is 0 Å². The summed E-state index contributed by atoms with van der Waals surface area (Å²) in [5.74, 6) is 0. The first kappa shape index (κ1) is 15.5. The SMILES string of the molecule is CCNCc1cc(COCc2cccc(Cl)c2)c(C)s1. The Balaban J connectivity index is 1.86. The van der Waals surface area contributed by atoms with Crippen LogP contribution in [0.15, 0.2) is 30.3 Å². The van der Waals surface area contributed by atoms with Gasteiger partial charge in [0.1, 0.15) is 0 Å².